The quantitative estimate of drug-likeness (QED) is 0.356. The highest BCUT2D eigenvalue weighted by molar-refractivity contribution is 5.96. The lowest BCUT2D eigenvalue weighted by Gasteiger charge is -2.61. The van der Waals surface area contributed by atoms with Crippen LogP contribution in [0.1, 0.15) is 30.6 Å². The molecule has 140 valence electrons. The minimum absolute atomic E-state index is 0.0846. The lowest BCUT2D eigenvalue weighted by Crippen LogP contribution is -2.69. The second-order valence-corrected chi connectivity index (χ2v) is 8.04. The summed E-state index contributed by atoms with van der Waals surface area (Å²) in [6.07, 6.45) is 4.45. The number of benzene rings is 1. The molecular weight excluding hydrogens is 340 g/mol. The van der Waals surface area contributed by atoms with Gasteiger partial charge in [-0.25, -0.2) is 0 Å². The van der Waals surface area contributed by atoms with Crippen molar-refractivity contribution in [1.82, 2.24) is 9.47 Å². The zero-order valence-electron chi connectivity index (χ0n) is 15.9. The highest BCUT2D eigenvalue weighted by atomic mass is 16.5. The predicted molar refractivity (Wildman–Crippen MR) is 102 cm³/mol. The number of allylic oxidation sites excluding steroid dienone is 1. The number of aromatic nitrogens is 1. The maximum atomic E-state index is 12.9. The fourth-order valence-corrected chi connectivity index (χ4v) is 6.11. The number of methoxy groups -OCH3 is 1. The molecule has 4 aliphatic heterocycles. The molecule has 5 atom stereocenters. The monoisotopic (exact) mass is 364 g/mol. The number of fused-ring (bicyclic) bond motifs is 4. The maximum Gasteiger partial charge on any atom is 0.321 e. The molecule has 0 N–H and O–H groups in total. The van der Waals surface area contributed by atoms with Crippen LogP contribution in [0, 0.1) is 11.3 Å². The van der Waals surface area contributed by atoms with Gasteiger partial charge in [0, 0.05) is 42.1 Å². The van der Waals surface area contributed by atoms with Crippen molar-refractivity contribution in [2.75, 3.05) is 13.7 Å². The largest absolute Gasteiger partial charge is 0.468 e. The third kappa shape index (κ3) is 1.83. The molecule has 4 aliphatic rings. The van der Waals surface area contributed by atoms with E-state index in [0.29, 0.717) is 6.42 Å². The van der Waals surface area contributed by atoms with Gasteiger partial charge in [0.2, 0.25) is 0 Å². The van der Waals surface area contributed by atoms with Gasteiger partial charge in [0.25, 0.3) is 0 Å². The van der Waals surface area contributed by atoms with E-state index in [4.69, 9.17) is 4.74 Å². The summed E-state index contributed by atoms with van der Waals surface area (Å²) in [7, 11) is 3.53. The van der Waals surface area contributed by atoms with E-state index in [1.54, 1.807) is 0 Å². The SMILES string of the molecule is C/C=C1/CN2[C@H]3Cc4c(n(C)c5ccccc45)[C@@H]2C[C@@H]1[C@@]3(C=O)C(=O)OC. The van der Waals surface area contributed by atoms with Crippen LogP contribution in [0.15, 0.2) is 35.9 Å². The van der Waals surface area contributed by atoms with E-state index in [9.17, 15) is 9.59 Å². The molecule has 5 heterocycles. The number of aryl methyl sites for hydroxylation is 1. The molecule has 1 aromatic heterocycles. The Morgan fingerprint density at radius 2 is 2.11 bits per heavy atom. The molecule has 0 spiro atoms. The standard InChI is InChI=1S/C22H24N2O3/c1-4-13-11-24-18-10-16(13)22(12-25,21(26)27-3)19(24)9-15-14-7-5-6-8-17(14)23(2)20(15)18/h4-8,12,16,18-19H,9-11H2,1-3H3/b13-4-/t16-,18-,19-,22+/m0/s1. The van der Waals surface area contributed by atoms with E-state index in [2.05, 4.69) is 46.9 Å². The molecule has 0 saturated carbocycles. The van der Waals surface area contributed by atoms with Crippen LogP contribution in [0.25, 0.3) is 10.9 Å². The van der Waals surface area contributed by atoms with Crippen LogP contribution >= 0.6 is 0 Å². The van der Waals surface area contributed by atoms with Gasteiger partial charge in [-0.1, -0.05) is 29.8 Å². The Labute approximate surface area is 158 Å². The summed E-state index contributed by atoms with van der Waals surface area (Å²) < 4.78 is 7.48. The Bertz CT molecular complexity index is 1000. The number of para-hydroxylation sites is 1. The van der Waals surface area contributed by atoms with Crippen LogP contribution in [-0.4, -0.2) is 41.4 Å². The number of hydrogen-bond acceptors (Lipinski definition) is 4. The summed E-state index contributed by atoms with van der Waals surface area (Å²) in [5.74, 6) is -0.475. The lowest BCUT2D eigenvalue weighted by atomic mass is 9.55. The first-order chi connectivity index (χ1) is 13.1. The first-order valence-electron chi connectivity index (χ1n) is 9.60. The number of esters is 1. The topological polar surface area (TPSA) is 51.5 Å². The van der Waals surface area contributed by atoms with Gasteiger partial charge >= 0.3 is 5.97 Å². The van der Waals surface area contributed by atoms with Gasteiger partial charge in [-0.05, 0) is 31.4 Å². The molecule has 0 amide bonds. The minimum atomic E-state index is -1.11. The number of nitrogens with zero attached hydrogens (tertiary/aromatic N) is 2. The third-order valence-electron chi connectivity index (χ3n) is 7.28. The van der Waals surface area contributed by atoms with Gasteiger partial charge < -0.3 is 14.1 Å². The molecule has 0 aliphatic carbocycles. The van der Waals surface area contributed by atoms with Gasteiger partial charge in [-0.15, -0.1) is 0 Å². The van der Waals surface area contributed by atoms with Crippen LogP contribution in [0.5, 0.6) is 0 Å². The molecule has 6 rings (SSSR count). The zero-order valence-corrected chi connectivity index (χ0v) is 15.9. The number of piperidine rings is 3. The van der Waals surface area contributed by atoms with E-state index in [-0.39, 0.29) is 18.0 Å². The third-order valence-corrected chi connectivity index (χ3v) is 7.28. The molecule has 4 bridgehead atoms. The Morgan fingerprint density at radius 3 is 2.81 bits per heavy atom. The Kier molecular flexibility index (Phi) is 3.44. The number of carbonyl (C=O) groups is 2. The normalized spacial score (nSPS) is 35.3. The van der Waals surface area contributed by atoms with Gasteiger partial charge in [0.1, 0.15) is 11.7 Å². The van der Waals surface area contributed by atoms with Crippen molar-refractivity contribution in [3.8, 4) is 0 Å². The van der Waals surface area contributed by atoms with Crippen LogP contribution in [0.2, 0.25) is 0 Å². The van der Waals surface area contributed by atoms with E-state index in [1.807, 2.05) is 6.92 Å². The van der Waals surface area contributed by atoms with Crippen molar-refractivity contribution in [3.05, 3.63) is 47.2 Å². The van der Waals surface area contributed by atoms with Crippen molar-refractivity contribution < 1.29 is 14.3 Å². The Hall–Kier alpha value is -2.40. The highest BCUT2D eigenvalue weighted by Crippen LogP contribution is 2.59. The molecule has 1 aromatic carbocycles. The summed E-state index contributed by atoms with van der Waals surface area (Å²) in [6, 6.07) is 8.52. The van der Waals surface area contributed by atoms with E-state index < -0.39 is 11.4 Å². The fourth-order valence-electron chi connectivity index (χ4n) is 6.11. The van der Waals surface area contributed by atoms with Crippen LogP contribution in [0.4, 0.5) is 0 Å². The van der Waals surface area contributed by atoms with E-state index in [1.165, 1.54) is 34.8 Å². The van der Waals surface area contributed by atoms with Crippen LogP contribution in [0.3, 0.4) is 0 Å². The smallest absolute Gasteiger partial charge is 0.321 e. The molecule has 5 heteroatoms. The average molecular weight is 364 g/mol. The van der Waals surface area contributed by atoms with Gasteiger partial charge in [-0.2, -0.15) is 0 Å². The minimum Gasteiger partial charge on any atom is -0.468 e. The van der Waals surface area contributed by atoms with Gasteiger partial charge in [-0.3, -0.25) is 9.69 Å². The van der Waals surface area contributed by atoms with Gasteiger partial charge in [0.05, 0.1) is 13.2 Å². The van der Waals surface area contributed by atoms with Crippen molar-refractivity contribution in [1.29, 1.82) is 0 Å². The number of carbonyl (C=O) groups excluding carboxylic acids is 2. The molecule has 3 saturated heterocycles. The molecule has 5 nitrogen and oxygen atoms in total. The highest BCUT2D eigenvalue weighted by Gasteiger charge is 2.65. The van der Waals surface area contributed by atoms with Crippen molar-refractivity contribution in [2.24, 2.45) is 18.4 Å². The van der Waals surface area contributed by atoms with Crippen LogP contribution < -0.4 is 0 Å². The Morgan fingerprint density at radius 1 is 1.33 bits per heavy atom. The summed E-state index contributed by atoms with van der Waals surface area (Å²) in [5.41, 5.74) is 3.92. The molecule has 1 unspecified atom stereocenters. The number of aldehydes is 1. The van der Waals surface area contributed by atoms with Crippen molar-refractivity contribution in [2.45, 2.75) is 31.8 Å². The van der Waals surface area contributed by atoms with E-state index in [0.717, 1.165) is 19.3 Å². The van der Waals surface area contributed by atoms with Crippen LogP contribution in [-0.2, 0) is 27.8 Å². The summed E-state index contributed by atoms with van der Waals surface area (Å²) in [6.45, 7) is 2.83. The first kappa shape index (κ1) is 16.8. The number of hydrogen-bond donors (Lipinski definition) is 0. The Balaban J connectivity index is 1.77. The van der Waals surface area contributed by atoms with Crippen molar-refractivity contribution >= 4 is 23.2 Å². The fraction of sp³-hybridized carbons (Fsp3) is 0.455. The second-order valence-electron chi connectivity index (χ2n) is 8.04. The summed E-state index contributed by atoms with van der Waals surface area (Å²) in [4.78, 5) is 27.8. The second kappa shape index (κ2) is 5.55. The van der Waals surface area contributed by atoms with Crippen molar-refractivity contribution in [3.63, 3.8) is 0 Å². The first-order valence-corrected chi connectivity index (χ1v) is 9.60. The molecular formula is C22H24N2O3. The molecule has 0 radical (unpaired) electrons. The van der Waals surface area contributed by atoms with E-state index >= 15 is 0 Å². The predicted octanol–water partition coefficient (Wildman–Crippen LogP) is 2.78. The number of rotatable bonds is 2. The summed E-state index contributed by atoms with van der Waals surface area (Å²) >= 11 is 0. The summed E-state index contributed by atoms with van der Waals surface area (Å²) in [5, 5.41) is 1.24. The lowest BCUT2D eigenvalue weighted by molar-refractivity contribution is -0.176. The molecule has 27 heavy (non-hydrogen) atoms. The van der Waals surface area contributed by atoms with Gasteiger partial charge in [0.15, 0.2) is 0 Å². The zero-order chi connectivity index (χ0) is 18.9. The number of ether oxygens (including phenoxy) is 1. The average Bonchev–Trinajstić information content (AvgIpc) is 3.00. The maximum absolute atomic E-state index is 12.9. The molecule has 2 aromatic rings. The molecule has 3 fully saturated rings.